The van der Waals surface area contributed by atoms with Gasteiger partial charge in [-0.2, -0.15) is 0 Å². The van der Waals surface area contributed by atoms with E-state index in [1.807, 2.05) is 50.4 Å². The molecule has 0 saturated heterocycles. The number of carbonyl (C=O) groups is 1. The second kappa shape index (κ2) is 10.8. The van der Waals surface area contributed by atoms with Gasteiger partial charge in [-0.05, 0) is 42.3 Å². The molecule has 150 valence electrons. The standard InChI is InChI=1S/C21H28N4O3/c1-5-28-19-12-8-17(9-13-19)15-25(3)20(22-2)23-14-16-6-10-18(11-7-16)24-21(26)27-4/h6-13H,5,14-15H2,1-4H3,(H,22,23)(H,24,26). The Hall–Kier alpha value is -3.22. The number of methoxy groups -OCH3 is 1. The van der Waals surface area contributed by atoms with Crippen LogP contribution in [0.15, 0.2) is 53.5 Å². The zero-order valence-electron chi connectivity index (χ0n) is 16.9. The molecule has 7 heteroatoms. The summed E-state index contributed by atoms with van der Waals surface area (Å²) < 4.78 is 10.1. The van der Waals surface area contributed by atoms with Gasteiger partial charge in [0.1, 0.15) is 5.75 Å². The lowest BCUT2D eigenvalue weighted by Gasteiger charge is -2.22. The molecule has 0 spiro atoms. The SMILES string of the molecule is CCOc1ccc(CN(C)C(=NC)NCc2ccc(NC(=O)OC)cc2)cc1. The third kappa shape index (κ3) is 6.50. The number of aliphatic imine (C=N–C) groups is 1. The highest BCUT2D eigenvalue weighted by atomic mass is 16.5. The van der Waals surface area contributed by atoms with Crippen LogP contribution in [0.2, 0.25) is 0 Å². The van der Waals surface area contributed by atoms with E-state index in [9.17, 15) is 4.79 Å². The molecule has 0 aliphatic carbocycles. The van der Waals surface area contributed by atoms with E-state index >= 15 is 0 Å². The summed E-state index contributed by atoms with van der Waals surface area (Å²) in [7, 11) is 5.10. The number of hydrogen-bond acceptors (Lipinski definition) is 4. The first-order chi connectivity index (χ1) is 13.5. The van der Waals surface area contributed by atoms with Crippen molar-refractivity contribution in [1.29, 1.82) is 0 Å². The molecule has 0 aliphatic heterocycles. The van der Waals surface area contributed by atoms with Gasteiger partial charge in [-0.3, -0.25) is 10.3 Å². The smallest absolute Gasteiger partial charge is 0.411 e. The Morgan fingerprint density at radius 1 is 1.07 bits per heavy atom. The van der Waals surface area contributed by atoms with Crippen LogP contribution in [-0.4, -0.2) is 44.8 Å². The Morgan fingerprint density at radius 2 is 1.71 bits per heavy atom. The van der Waals surface area contributed by atoms with Gasteiger partial charge in [0.05, 0.1) is 13.7 Å². The first-order valence-corrected chi connectivity index (χ1v) is 9.13. The summed E-state index contributed by atoms with van der Waals surface area (Å²) in [6, 6.07) is 15.6. The topological polar surface area (TPSA) is 75.2 Å². The van der Waals surface area contributed by atoms with Crippen LogP contribution in [-0.2, 0) is 17.8 Å². The summed E-state index contributed by atoms with van der Waals surface area (Å²) in [5.74, 6) is 1.67. The molecule has 7 nitrogen and oxygen atoms in total. The molecule has 0 unspecified atom stereocenters. The van der Waals surface area contributed by atoms with Crippen molar-refractivity contribution in [2.24, 2.45) is 4.99 Å². The molecule has 0 fully saturated rings. The maximum atomic E-state index is 11.2. The maximum Gasteiger partial charge on any atom is 0.411 e. The van der Waals surface area contributed by atoms with Crippen molar-refractivity contribution in [2.45, 2.75) is 20.0 Å². The number of amides is 1. The van der Waals surface area contributed by atoms with E-state index in [4.69, 9.17) is 4.74 Å². The molecule has 2 N–H and O–H groups in total. The Labute approximate surface area is 166 Å². The molecule has 0 atom stereocenters. The Kier molecular flexibility index (Phi) is 8.14. The molecule has 0 bridgehead atoms. The van der Waals surface area contributed by atoms with Crippen molar-refractivity contribution < 1.29 is 14.3 Å². The van der Waals surface area contributed by atoms with Crippen LogP contribution in [0.5, 0.6) is 5.75 Å². The molecule has 0 radical (unpaired) electrons. The number of ether oxygens (including phenoxy) is 2. The van der Waals surface area contributed by atoms with E-state index in [1.54, 1.807) is 7.05 Å². The van der Waals surface area contributed by atoms with Crippen molar-refractivity contribution in [3.05, 3.63) is 59.7 Å². The summed E-state index contributed by atoms with van der Waals surface area (Å²) in [6.45, 7) is 3.99. The fourth-order valence-electron chi connectivity index (χ4n) is 2.65. The zero-order chi connectivity index (χ0) is 20.4. The third-order valence-electron chi connectivity index (χ3n) is 4.06. The molecule has 0 saturated carbocycles. The van der Waals surface area contributed by atoms with Crippen molar-refractivity contribution in [1.82, 2.24) is 10.2 Å². The Balaban J connectivity index is 1.88. The largest absolute Gasteiger partial charge is 0.494 e. The molecule has 2 aromatic carbocycles. The van der Waals surface area contributed by atoms with Crippen molar-refractivity contribution in [3.63, 3.8) is 0 Å². The number of rotatable bonds is 7. The minimum absolute atomic E-state index is 0.484. The van der Waals surface area contributed by atoms with Gasteiger partial charge < -0.3 is 19.7 Å². The van der Waals surface area contributed by atoms with Crippen LogP contribution in [0.1, 0.15) is 18.1 Å². The van der Waals surface area contributed by atoms with Gasteiger partial charge in [0.25, 0.3) is 0 Å². The average molecular weight is 384 g/mol. The minimum Gasteiger partial charge on any atom is -0.494 e. The molecule has 2 rings (SSSR count). The van der Waals surface area contributed by atoms with E-state index in [0.717, 1.165) is 23.8 Å². The number of nitrogens with zero attached hydrogens (tertiary/aromatic N) is 2. The highest BCUT2D eigenvalue weighted by Gasteiger charge is 2.07. The molecular formula is C21H28N4O3. The summed E-state index contributed by atoms with van der Waals surface area (Å²) in [5, 5.41) is 5.98. The number of carbonyl (C=O) groups excluding carboxylic acids is 1. The lowest BCUT2D eigenvalue weighted by atomic mass is 10.2. The predicted octanol–water partition coefficient (Wildman–Crippen LogP) is 3.47. The number of anilines is 1. The van der Waals surface area contributed by atoms with E-state index in [2.05, 4.69) is 37.4 Å². The van der Waals surface area contributed by atoms with E-state index in [0.29, 0.717) is 18.8 Å². The van der Waals surface area contributed by atoms with Gasteiger partial charge in [-0.25, -0.2) is 4.79 Å². The quantitative estimate of drug-likeness (QED) is 0.565. The normalized spacial score (nSPS) is 10.9. The van der Waals surface area contributed by atoms with Crippen molar-refractivity contribution in [3.8, 4) is 5.75 Å². The van der Waals surface area contributed by atoms with Gasteiger partial charge in [-0.1, -0.05) is 24.3 Å². The number of nitrogens with one attached hydrogen (secondary N) is 2. The average Bonchev–Trinajstić information content (AvgIpc) is 2.71. The summed E-state index contributed by atoms with van der Waals surface area (Å²) >= 11 is 0. The highest BCUT2D eigenvalue weighted by molar-refractivity contribution is 5.84. The molecule has 1 amide bonds. The van der Waals surface area contributed by atoms with Crippen LogP contribution < -0.4 is 15.4 Å². The van der Waals surface area contributed by atoms with Crippen LogP contribution in [0.25, 0.3) is 0 Å². The van der Waals surface area contributed by atoms with E-state index in [-0.39, 0.29) is 0 Å². The monoisotopic (exact) mass is 384 g/mol. The molecular weight excluding hydrogens is 356 g/mol. The van der Waals surface area contributed by atoms with Gasteiger partial charge in [0.15, 0.2) is 5.96 Å². The molecule has 0 heterocycles. The summed E-state index contributed by atoms with van der Waals surface area (Å²) in [5.41, 5.74) is 2.94. The molecule has 0 aliphatic rings. The summed E-state index contributed by atoms with van der Waals surface area (Å²) in [6.07, 6.45) is -0.484. The number of guanidine groups is 1. The lowest BCUT2D eigenvalue weighted by molar-refractivity contribution is 0.187. The van der Waals surface area contributed by atoms with Gasteiger partial charge in [0.2, 0.25) is 0 Å². The van der Waals surface area contributed by atoms with Gasteiger partial charge in [0, 0.05) is 32.9 Å². The Bertz CT molecular complexity index is 773. The van der Waals surface area contributed by atoms with Gasteiger partial charge in [-0.15, -0.1) is 0 Å². The molecule has 2 aromatic rings. The van der Waals surface area contributed by atoms with Crippen LogP contribution in [0.4, 0.5) is 10.5 Å². The Morgan fingerprint density at radius 3 is 2.29 bits per heavy atom. The number of hydrogen-bond donors (Lipinski definition) is 2. The lowest BCUT2D eigenvalue weighted by Crippen LogP contribution is -2.38. The van der Waals surface area contributed by atoms with Gasteiger partial charge >= 0.3 is 6.09 Å². The minimum atomic E-state index is -0.484. The van der Waals surface area contributed by atoms with Crippen molar-refractivity contribution in [2.75, 3.05) is 33.1 Å². The zero-order valence-corrected chi connectivity index (χ0v) is 16.9. The maximum absolute atomic E-state index is 11.2. The molecule has 28 heavy (non-hydrogen) atoms. The fraction of sp³-hybridized carbons (Fsp3) is 0.333. The van der Waals surface area contributed by atoms with Crippen LogP contribution in [0, 0.1) is 0 Å². The number of benzene rings is 2. The van der Waals surface area contributed by atoms with E-state index < -0.39 is 6.09 Å². The van der Waals surface area contributed by atoms with Crippen LogP contribution in [0.3, 0.4) is 0 Å². The highest BCUT2D eigenvalue weighted by Crippen LogP contribution is 2.14. The van der Waals surface area contributed by atoms with E-state index in [1.165, 1.54) is 12.7 Å². The van der Waals surface area contributed by atoms with Crippen LogP contribution >= 0.6 is 0 Å². The summed E-state index contributed by atoms with van der Waals surface area (Å²) in [4.78, 5) is 17.6. The second-order valence-corrected chi connectivity index (χ2v) is 6.15. The van der Waals surface area contributed by atoms with Crippen molar-refractivity contribution >= 4 is 17.7 Å². The second-order valence-electron chi connectivity index (χ2n) is 6.15. The first-order valence-electron chi connectivity index (χ1n) is 9.13. The molecule has 0 aromatic heterocycles. The fourth-order valence-corrected chi connectivity index (χ4v) is 2.65. The third-order valence-corrected chi connectivity index (χ3v) is 4.06. The first kappa shape index (κ1) is 21.1. The predicted molar refractivity (Wildman–Crippen MR) is 112 cm³/mol.